The average Bonchev–Trinajstić information content (AvgIpc) is 3.23. The molecular weight excluding hydrogens is 450 g/mol. The van der Waals surface area contributed by atoms with E-state index in [4.69, 9.17) is 9.47 Å². The number of carbonyl (C=O) groups is 1. The van der Waals surface area contributed by atoms with Crippen LogP contribution < -0.4 is 19.5 Å². The van der Waals surface area contributed by atoms with Gasteiger partial charge in [0.1, 0.15) is 11.5 Å². The summed E-state index contributed by atoms with van der Waals surface area (Å²) in [5, 5.41) is 4.91. The predicted octanol–water partition coefficient (Wildman–Crippen LogP) is 3.75. The Morgan fingerprint density at radius 2 is 1.84 bits per heavy atom. The monoisotopic (exact) mass is 475 g/mol. The van der Waals surface area contributed by atoms with Gasteiger partial charge in [-0.2, -0.15) is 0 Å². The van der Waals surface area contributed by atoms with Crippen molar-refractivity contribution in [1.29, 1.82) is 0 Å². The molecule has 0 fully saturated rings. The molecular formula is C22H25N3O5S2. The summed E-state index contributed by atoms with van der Waals surface area (Å²) in [4.78, 5) is 16.9. The van der Waals surface area contributed by atoms with Crippen molar-refractivity contribution in [3.05, 3.63) is 52.9 Å². The van der Waals surface area contributed by atoms with Crippen molar-refractivity contribution in [2.75, 3.05) is 26.1 Å². The summed E-state index contributed by atoms with van der Waals surface area (Å²) in [5.74, 6) is 0.955. The molecule has 0 spiro atoms. The van der Waals surface area contributed by atoms with Gasteiger partial charge < -0.3 is 14.8 Å². The van der Waals surface area contributed by atoms with Crippen LogP contribution in [-0.4, -0.2) is 40.1 Å². The van der Waals surface area contributed by atoms with E-state index in [1.807, 2.05) is 13.8 Å². The number of carbonyl (C=O) groups excluding carboxylic acids is 1. The van der Waals surface area contributed by atoms with E-state index in [2.05, 4.69) is 15.0 Å². The topological polar surface area (TPSA) is 107 Å². The highest BCUT2D eigenvalue weighted by Gasteiger charge is 2.16. The molecule has 32 heavy (non-hydrogen) atoms. The van der Waals surface area contributed by atoms with E-state index in [1.165, 1.54) is 11.3 Å². The number of thiazole rings is 1. The van der Waals surface area contributed by atoms with Gasteiger partial charge in [0, 0.05) is 23.9 Å². The minimum absolute atomic E-state index is 0.0248. The molecule has 2 N–H and O–H groups in total. The zero-order valence-corrected chi connectivity index (χ0v) is 19.9. The van der Waals surface area contributed by atoms with E-state index in [0.29, 0.717) is 22.3 Å². The van der Waals surface area contributed by atoms with Crippen LogP contribution in [0.3, 0.4) is 0 Å². The van der Waals surface area contributed by atoms with Crippen LogP contribution in [0.1, 0.15) is 17.5 Å². The van der Waals surface area contributed by atoms with Gasteiger partial charge in [0.2, 0.25) is 15.9 Å². The van der Waals surface area contributed by atoms with E-state index < -0.39 is 10.0 Å². The van der Waals surface area contributed by atoms with Gasteiger partial charge in [-0.05, 0) is 55.3 Å². The fourth-order valence-electron chi connectivity index (χ4n) is 2.91. The fraction of sp³-hybridized carbons (Fsp3) is 0.273. The molecule has 0 atom stereocenters. The zero-order valence-electron chi connectivity index (χ0n) is 18.3. The smallest absolute Gasteiger partial charge is 0.240 e. The first-order chi connectivity index (χ1) is 15.2. The molecule has 0 saturated carbocycles. The van der Waals surface area contributed by atoms with E-state index in [9.17, 15) is 13.2 Å². The van der Waals surface area contributed by atoms with Crippen molar-refractivity contribution < 1.29 is 22.7 Å². The number of nitrogens with one attached hydrogen (secondary N) is 2. The molecule has 3 rings (SSSR count). The number of rotatable bonds is 9. The molecule has 170 valence electrons. The average molecular weight is 476 g/mol. The molecule has 0 bridgehead atoms. The molecule has 1 amide bonds. The van der Waals surface area contributed by atoms with Crippen LogP contribution in [-0.2, 0) is 14.8 Å². The highest BCUT2D eigenvalue weighted by atomic mass is 32.2. The number of hydrogen-bond acceptors (Lipinski definition) is 7. The van der Waals surface area contributed by atoms with Crippen LogP contribution in [0.25, 0.3) is 11.3 Å². The third kappa shape index (κ3) is 5.64. The third-order valence-electron chi connectivity index (χ3n) is 4.87. The lowest BCUT2D eigenvalue weighted by Gasteiger charge is -2.09. The maximum absolute atomic E-state index is 12.4. The zero-order chi connectivity index (χ0) is 23.3. The molecule has 0 aliphatic rings. The molecule has 0 aliphatic heterocycles. The van der Waals surface area contributed by atoms with Crippen molar-refractivity contribution in [1.82, 2.24) is 9.71 Å². The molecule has 0 saturated heterocycles. The first kappa shape index (κ1) is 23.7. The second kappa shape index (κ2) is 10.1. The molecule has 3 aromatic rings. The summed E-state index contributed by atoms with van der Waals surface area (Å²) in [6.45, 7) is 3.74. The number of nitrogens with zero attached hydrogens (tertiary/aromatic N) is 1. The Kier molecular flexibility index (Phi) is 7.49. The highest BCUT2D eigenvalue weighted by Crippen LogP contribution is 2.35. The van der Waals surface area contributed by atoms with Gasteiger partial charge in [-0.15, -0.1) is 11.3 Å². The largest absolute Gasteiger partial charge is 0.497 e. The normalized spacial score (nSPS) is 11.2. The summed E-state index contributed by atoms with van der Waals surface area (Å²) in [6.07, 6.45) is -0.0263. The lowest BCUT2D eigenvalue weighted by molar-refractivity contribution is -0.116. The van der Waals surface area contributed by atoms with E-state index >= 15 is 0 Å². The SMILES string of the molecule is COc1ccc(OC)c(-c2csc(NC(=O)CCNS(=O)(=O)c3ccc(C)c(C)c3)n2)c1. The Balaban J connectivity index is 1.60. The van der Waals surface area contributed by atoms with Crippen LogP contribution in [0.4, 0.5) is 5.13 Å². The first-order valence-electron chi connectivity index (χ1n) is 9.78. The van der Waals surface area contributed by atoms with Crippen LogP contribution in [0.5, 0.6) is 11.5 Å². The van der Waals surface area contributed by atoms with Gasteiger partial charge >= 0.3 is 0 Å². The summed E-state index contributed by atoms with van der Waals surface area (Å²) in [7, 11) is -0.538. The number of aryl methyl sites for hydroxylation is 2. The molecule has 0 radical (unpaired) electrons. The Hall–Kier alpha value is -2.95. The van der Waals surface area contributed by atoms with Crippen LogP contribution in [0.15, 0.2) is 46.7 Å². The molecule has 8 nitrogen and oxygen atoms in total. The molecule has 0 unspecified atom stereocenters. The minimum atomic E-state index is -3.68. The Bertz CT molecular complexity index is 1220. The molecule has 2 aromatic carbocycles. The molecule has 10 heteroatoms. The molecule has 1 aromatic heterocycles. The van der Waals surface area contributed by atoms with Gasteiger partial charge in [0.15, 0.2) is 5.13 Å². The second-order valence-electron chi connectivity index (χ2n) is 7.05. The van der Waals surface area contributed by atoms with E-state index in [1.54, 1.807) is 56.0 Å². The highest BCUT2D eigenvalue weighted by molar-refractivity contribution is 7.89. The van der Waals surface area contributed by atoms with Gasteiger partial charge in [0.05, 0.1) is 24.8 Å². The van der Waals surface area contributed by atoms with Crippen molar-refractivity contribution in [3.8, 4) is 22.8 Å². The van der Waals surface area contributed by atoms with Crippen LogP contribution in [0, 0.1) is 13.8 Å². The standard InChI is InChI=1S/C22H25N3O5S2/c1-14-5-7-17(11-15(14)2)32(27,28)23-10-9-21(26)25-22-24-19(13-31-22)18-12-16(29-3)6-8-20(18)30-4/h5-8,11-13,23H,9-10H2,1-4H3,(H,24,25,26). The first-order valence-corrected chi connectivity index (χ1v) is 12.1. The van der Waals surface area contributed by atoms with Crippen molar-refractivity contribution in [2.24, 2.45) is 0 Å². The third-order valence-corrected chi connectivity index (χ3v) is 7.08. The van der Waals surface area contributed by atoms with Gasteiger partial charge in [-0.1, -0.05) is 6.07 Å². The molecule has 1 heterocycles. The predicted molar refractivity (Wildman–Crippen MR) is 125 cm³/mol. The number of benzene rings is 2. The number of methoxy groups -OCH3 is 2. The number of amides is 1. The van der Waals surface area contributed by atoms with Crippen LogP contribution in [0.2, 0.25) is 0 Å². The van der Waals surface area contributed by atoms with E-state index in [0.717, 1.165) is 16.7 Å². The number of sulfonamides is 1. The maximum Gasteiger partial charge on any atom is 0.240 e. The minimum Gasteiger partial charge on any atom is -0.497 e. The van der Waals surface area contributed by atoms with Crippen molar-refractivity contribution in [2.45, 2.75) is 25.2 Å². The number of ether oxygens (including phenoxy) is 2. The molecule has 0 aliphatic carbocycles. The number of aromatic nitrogens is 1. The summed E-state index contributed by atoms with van der Waals surface area (Å²) < 4.78 is 38.0. The lowest BCUT2D eigenvalue weighted by atomic mass is 10.1. The summed E-state index contributed by atoms with van der Waals surface area (Å²) in [5.41, 5.74) is 3.27. The van der Waals surface area contributed by atoms with Crippen molar-refractivity contribution >= 4 is 32.4 Å². The number of hydrogen-bond donors (Lipinski definition) is 2. The van der Waals surface area contributed by atoms with Crippen molar-refractivity contribution in [3.63, 3.8) is 0 Å². The summed E-state index contributed by atoms with van der Waals surface area (Å²) in [6, 6.07) is 10.3. The van der Waals surface area contributed by atoms with Gasteiger partial charge in [-0.25, -0.2) is 18.1 Å². The second-order valence-corrected chi connectivity index (χ2v) is 9.67. The van der Waals surface area contributed by atoms with Crippen LogP contribution >= 0.6 is 11.3 Å². The maximum atomic E-state index is 12.4. The number of anilines is 1. The van der Waals surface area contributed by atoms with Gasteiger partial charge in [-0.3, -0.25) is 4.79 Å². The van der Waals surface area contributed by atoms with Gasteiger partial charge in [0.25, 0.3) is 0 Å². The Morgan fingerprint density at radius 1 is 1.06 bits per heavy atom. The Morgan fingerprint density at radius 3 is 2.53 bits per heavy atom. The summed E-state index contributed by atoms with van der Waals surface area (Å²) >= 11 is 1.27. The fourth-order valence-corrected chi connectivity index (χ4v) is 4.76. The quantitative estimate of drug-likeness (QED) is 0.488. The lowest BCUT2D eigenvalue weighted by Crippen LogP contribution is -2.28. The Labute approximate surface area is 191 Å². The van der Waals surface area contributed by atoms with E-state index in [-0.39, 0.29) is 23.8 Å².